The number of rotatable bonds is 37. The van der Waals surface area contributed by atoms with Crippen LogP contribution < -0.4 is 5.32 Å². The zero-order valence-corrected chi connectivity index (χ0v) is 34.7. The number of carbonyl (C=O) groups is 1. The second-order valence-corrected chi connectivity index (χ2v) is 15.8. The first-order valence-corrected chi connectivity index (χ1v) is 22.6. The minimum atomic E-state index is -1.57. The fraction of sp³-hybridized carbons (Fsp3) is 0.889. The first-order valence-electron chi connectivity index (χ1n) is 22.6. The van der Waals surface area contributed by atoms with E-state index >= 15 is 0 Å². The van der Waals surface area contributed by atoms with Gasteiger partial charge in [0.05, 0.1) is 25.4 Å². The summed E-state index contributed by atoms with van der Waals surface area (Å²) < 4.78 is 11.1. The molecule has 0 spiro atoms. The summed E-state index contributed by atoms with van der Waals surface area (Å²) in [6, 6.07) is -0.814. The normalized spacial score (nSPS) is 21.6. The van der Waals surface area contributed by atoms with Crippen LogP contribution in [0.15, 0.2) is 24.3 Å². The molecule has 9 nitrogen and oxygen atoms in total. The lowest BCUT2D eigenvalue weighted by molar-refractivity contribution is -0.302. The molecule has 0 aromatic heterocycles. The van der Waals surface area contributed by atoms with E-state index in [4.69, 9.17) is 9.47 Å². The molecule has 7 atom stereocenters. The SMILES string of the molecule is CCCCCCCCCCCCCCCCCCCCC/C=C/CC/C=C/C(O)C(COC1OC(CO)C(O)C(O)C1O)NC(=O)CCCCCCCC. The minimum absolute atomic E-state index is 0.196. The van der Waals surface area contributed by atoms with Gasteiger partial charge in [0.25, 0.3) is 0 Å². The highest BCUT2D eigenvalue weighted by Crippen LogP contribution is 2.22. The van der Waals surface area contributed by atoms with Crippen LogP contribution >= 0.6 is 0 Å². The van der Waals surface area contributed by atoms with Gasteiger partial charge in [-0.15, -0.1) is 0 Å². The van der Waals surface area contributed by atoms with Crippen LogP contribution in [0.25, 0.3) is 0 Å². The van der Waals surface area contributed by atoms with Crippen molar-refractivity contribution in [2.75, 3.05) is 13.2 Å². The molecular weight excluding hydrogens is 682 g/mol. The summed E-state index contributed by atoms with van der Waals surface area (Å²) in [6.07, 6.45) is 35.6. The maximum Gasteiger partial charge on any atom is 0.220 e. The van der Waals surface area contributed by atoms with E-state index in [0.717, 1.165) is 51.4 Å². The molecule has 1 amide bonds. The van der Waals surface area contributed by atoms with Gasteiger partial charge in [-0.05, 0) is 32.1 Å². The first kappa shape index (κ1) is 50.7. The Morgan fingerprint density at radius 3 is 1.56 bits per heavy atom. The van der Waals surface area contributed by atoms with Gasteiger partial charge in [-0.25, -0.2) is 0 Å². The number of hydrogen-bond acceptors (Lipinski definition) is 8. The standard InChI is InChI=1S/C45H85NO8/c1-3-5-7-9-11-12-13-14-15-16-17-18-19-20-21-22-23-24-25-26-27-28-29-30-32-34-39(48)38(46-41(49)35-33-31-10-8-6-4-2)37-53-45-44(52)43(51)42(50)40(36-47)54-45/h27-28,32,34,38-40,42-45,47-48,50-52H,3-26,29-31,33,35-37H2,1-2H3,(H,46,49)/b28-27+,34-32+. The van der Waals surface area contributed by atoms with Gasteiger partial charge in [0.2, 0.25) is 5.91 Å². The van der Waals surface area contributed by atoms with E-state index in [1.807, 2.05) is 6.08 Å². The highest BCUT2D eigenvalue weighted by atomic mass is 16.7. The van der Waals surface area contributed by atoms with Crippen LogP contribution in [-0.2, 0) is 14.3 Å². The molecule has 9 heteroatoms. The molecule has 1 fully saturated rings. The zero-order valence-electron chi connectivity index (χ0n) is 34.7. The number of aliphatic hydroxyl groups is 5. The smallest absolute Gasteiger partial charge is 0.220 e. The molecule has 0 aliphatic carbocycles. The minimum Gasteiger partial charge on any atom is -0.394 e. The molecule has 0 radical (unpaired) electrons. The Kier molecular flexibility index (Phi) is 33.8. The van der Waals surface area contributed by atoms with Gasteiger partial charge >= 0.3 is 0 Å². The molecule has 0 aromatic carbocycles. The van der Waals surface area contributed by atoms with E-state index in [2.05, 4.69) is 31.3 Å². The lowest BCUT2D eigenvalue weighted by Crippen LogP contribution is -2.60. The number of nitrogens with one attached hydrogen (secondary N) is 1. The fourth-order valence-electron chi connectivity index (χ4n) is 7.11. The fourth-order valence-corrected chi connectivity index (χ4v) is 7.11. The third kappa shape index (κ3) is 26.5. The Bertz CT molecular complexity index is 899. The lowest BCUT2D eigenvalue weighted by Gasteiger charge is -2.40. The van der Waals surface area contributed by atoms with Crippen LogP contribution in [0.3, 0.4) is 0 Å². The first-order chi connectivity index (χ1) is 26.3. The molecule has 7 unspecified atom stereocenters. The van der Waals surface area contributed by atoms with Gasteiger partial charge < -0.3 is 40.3 Å². The molecule has 1 heterocycles. The molecular formula is C45H85NO8. The molecule has 1 aliphatic rings. The highest BCUT2D eigenvalue weighted by Gasteiger charge is 2.44. The van der Waals surface area contributed by atoms with Gasteiger partial charge in [-0.2, -0.15) is 0 Å². The Hall–Kier alpha value is -1.33. The van der Waals surface area contributed by atoms with Gasteiger partial charge in [-0.3, -0.25) is 4.79 Å². The van der Waals surface area contributed by atoms with Crippen molar-refractivity contribution in [3.8, 4) is 0 Å². The zero-order chi connectivity index (χ0) is 39.5. The van der Waals surface area contributed by atoms with Crippen LogP contribution in [0, 0.1) is 0 Å². The van der Waals surface area contributed by atoms with Gasteiger partial charge in [-0.1, -0.05) is 186 Å². The third-order valence-corrected chi connectivity index (χ3v) is 10.8. The largest absolute Gasteiger partial charge is 0.394 e. The molecule has 6 N–H and O–H groups in total. The van der Waals surface area contributed by atoms with Crippen molar-refractivity contribution in [3.05, 3.63) is 24.3 Å². The summed E-state index contributed by atoms with van der Waals surface area (Å²) in [7, 11) is 0. The van der Waals surface area contributed by atoms with Crippen LogP contribution in [-0.4, -0.2) is 87.5 Å². The van der Waals surface area contributed by atoms with E-state index in [9.17, 15) is 30.3 Å². The van der Waals surface area contributed by atoms with Crippen LogP contribution in [0.1, 0.15) is 200 Å². The number of aliphatic hydroxyl groups excluding tert-OH is 5. The van der Waals surface area contributed by atoms with Crippen molar-refractivity contribution in [2.45, 2.75) is 243 Å². The maximum atomic E-state index is 12.7. The third-order valence-electron chi connectivity index (χ3n) is 10.8. The molecule has 0 aromatic rings. The second-order valence-electron chi connectivity index (χ2n) is 15.8. The van der Waals surface area contributed by atoms with E-state index in [1.54, 1.807) is 6.08 Å². The van der Waals surface area contributed by atoms with E-state index < -0.39 is 49.5 Å². The topological polar surface area (TPSA) is 149 Å². The second kappa shape index (κ2) is 36.0. The van der Waals surface area contributed by atoms with Gasteiger partial charge in [0, 0.05) is 6.42 Å². The summed E-state index contributed by atoms with van der Waals surface area (Å²) in [6.45, 7) is 3.69. The average molecular weight is 768 g/mol. The van der Waals surface area contributed by atoms with Crippen molar-refractivity contribution in [1.82, 2.24) is 5.32 Å². The van der Waals surface area contributed by atoms with Crippen molar-refractivity contribution >= 4 is 5.91 Å². The number of allylic oxidation sites excluding steroid dienone is 3. The number of amides is 1. The van der Waals surface area contributed by atoms with E-state index in [0.29, 0.717) is 6.42 Å². The predicted octanol–water partition coefficient (Wildman–Crippen LogP) is 9.11. The maximum absolute atomic E-state index is 12.7. The van der Waals surface area contributed by atoms with Crippen LogP contribution in [0.2, 0.25) is 0 Å². The molecule has 1 aliphatic heterocycles. The lowest BCUT2D eigenvalue weighted by atomic mass is 9.99. The van der Waals surface area contributed by atoms with E-state index in [-0.39, 0.29) is 12.5 Å². The van der Waals surface area contributed by atoms with Crippen molar-refractivity contribution < 1.29 is 39.8 Å². The number of hydrogen-bond donors (Lipinski definition) is 6. The Balaban J connectivity index is 2.23. The Labute approximate surface area is 330 Å². The van der Waals surface area contributed by atoms with Crippen molar-refractivity contribution in [2.24, 2.45) is 0 Å². The van der Waals surface area contributed by atoms with Crippen LogP contribution in [0.4, 0.5) is 0 Å². The Morgan fingerprint density at radius 2 is 1.06 bits per heavy atom. The summed E-state index contributed by atoms with van der Waals surface area (Å²) in [5.41, 5.74) is 0. The quantitative estimate of drug-likeness (QED) is 0.0271. The number of unbranched alkanes of at least 4 members (excludes halogenated alkanes) is 25. The molecule has 54 heavy (non-hydrogen) atoms. The molecule has 318 valence electrons. The predicted molar refractivity (Wildman–Crippen MR) is 221 cm³/mol. The Morgan fingerprint density at radius 1 is 0.611 bits per heavy atom. The summed E-state index contributed by atoms with van der Waals surface area (Å²) in [4.78, 5) is 12.7. The highest BCUT2D eigenvalue weighted by molar-refractivity contribution is 5.76. The molecule has 1 saturated heterocycles. The number of ether oxygens (including phenoxy) is 2. The summed E-state index contributed by atoms with van der Waals surface area (Å²) in [5.74, 6) is -0.196. The number of carbonyl (C=O) groups excluding carboxylic acids is 1. The molecule has 1 rings (SSSR count). The molecule has 0 bridgehead atoms. The average Bonchev–Trinajstić information content (AvgIpc) is 3.17. The van der Waals surface area contributed by atoms with Gasteiger partial charge in [0.15, 0.2) is 6.29 Å². The van der Waals surface area contributed by atoms with Crippen molar-refractivity contribution in [1.29, 1.82) is 0 Å². The molecule has 0 saturated carbocycles. The van der Waals surface area contributed by atoms with Crippen LogP contribution in [0.5, 0.6) is 0 Å². The summed E-state index contributed by atoms with van der Waals surface area (Å²) >= 11 is 0. The van der Waals surface area contributed by atoms with Crippen molar-refractivity contribution in [3.63, 3.8) is 0 Å². The monoisotopic (exact) mass is 768 g/mol. The van der Waals surface area contributed by atoms with Gasteiger partial charge in [0.1, 0.15) is 24.4 Å². The summed E-state index contributed by atoms with van der Waals surface area (Å²) in [5, 5.41) is 53.8. The van der Waals surface area contributed by atoms with E-state index in [1.165, 1.54) is 128 Å².